The Labute approximate surface area is 104 Å². The number of carbonyl (C=O) groups is 1. The largest absolute Gasteiger partial charge is 0.289 e. The molecule has 0 aliphatic heterocycles. The van der Waals surface area contributed by atoms with Gasteiger partial charge < -0.3 is 0 Å². The Balaban J connectivity index is 3.10. The summed E-state index contributed by atoms with van der Waals surface area (Å²) in [5.74, 6) is 0.105. The predicted molar refractivity (Wildman–Crippen MR) is 73.4 cm³/mol. The molecule has 0 fully saturated rings. The molecular weight excluding hydrogens is 208 g/mol. The molecule has 0 radical (unpaired) electrons. The van der Waals surface area contributed by atoms with Crippen LogP contribution in [-0.4, -0.2) is 5.78 Å². The van der Waals surface area contributed by atoms with Crippen molar-refractivity contribution in [3.63, 3.8) is 0 Å². The zero-order chi connectivity index (χ0) is 12.8. The predicted octanol–water partition coefficient (Wildman–Crippen LogP) is 4.40. The summed E-state index contributed by atoms with van der Waals surface area (Å²) >= 11 is 0. The van der Waals surface area contributed by atoms with E-state index < -0.39 is 0 Å². The molecule has 0 heterocycles. The Morgan fingerprint density at radius 1 is 1.24 bits per heavy atom. The van der Waals surface area contributed by atoms with Crippen LogP contribution in [0.4, 0.5) is 0 Å². The standard InChI is InChI=1S/C16H20O/c1-5-7-14(8-6-2)16(17)15-10-9-12(3)13(4)11-15/h5,7-11H,6H2,1-4H3/b7-5-,14-8+. The fourth-order valence-electron chi connectivity index (χ4n) is 1.69. The van der Waals surface area contributed by atoms with E-state index in [1.807, 2.05) is 57.2 Å². The summed E-state index contributed by atoms with van der Waals surface area (Å²) in [5, 5.41) is 0. The average molecular weight is 228 g/mol. The quantitative estimate of drug-likeness (QED) is 0.424. The molecule has 1 heteroatoms. The lowest BCUT2D eigenvalue weighted by Gasteiger charge is -2.05. The van der Waals surface area contributed by atoms with Gasteiger partial charge in [0, 0.05) is 11.1 Å². The molecule has 0 aromatic heterocycles. The van der Waals surface area contributed by atoms with E-state index in [0.29, 0.717) is 0 Å². The van der Waals surface area contributed by atoms with Gasteiger partial charge in [-0.25, -0.2) is 0 Å². The van der Waals surface area contributed by atoms with Crippen molar-refractivity contribution in [3.8, 4) is 0 Å². The molecule has 0 amide bonds. The van der Waals surface area contributed by atoms with E-state index in [1.165, 1.54) is 5.56 Å². The molecule has 0 atom stereocenters. The van der Waals surface area contributed by atoms with Gasteiger partial charge in [-0.05, 0) is 44.4 Å². The maximum Gasteiger partial charge on any atom is 0.192 e. The number of hydrogen-bond donors (Lipinski definition) is 0. The molecule has 1 nitrogen and oxygen atoms in total. The number of Topliss-reactive ketones (excluding diaryl/α,β-unsaturated/α-hetero) is 1. The Bertz CT molecular complexity index is 464. The molecule has 90 valence electrons. The Morgan fingerprint density at radius 2 is 1.94 bits per heavy atom. The molecule has 0 bridgehead atoms. The van der Waals surface area contributed by atoms with Gasteiger partial charge in [0.2, 0.25) is 0 Å². The highest BCUT2D eigenvalue weighted by molar-refractivity contribution is 6.10. The van der Waals surface area contributed by atoms with Crippen LogP contribution in [0.5, 0.6) is 0 Å². The van der Waals surface area contributed by atoms with Crippen LogP contribution >= 0.6 is 0 Å². The van der Waals surface area contributed by atoms with Crippen LogP contribution in [0, 0.1) is 13.8 Å². The topological polar surface area (TPSA) is 17.1 Å². The van der Waals surface area contributed by atoms with E-state index in [9.17, 15) is 4.79 Å². The van der Waals surface area contributed by atoms with E-state index in [1.54, 1.807) is 0 Å². The fraction of sp³-hybridized carbons (Fsp3) is 0.312. The van der Waals surface area contributed by atoms with E-state index in [0.717, 1.165) is 23.1 Å². The second kappa shape index (κ2) is 6.19. The van der Waals surface area contributed by atoms with Crippen LogP contribution in [0.25, 0.3) is 0 Å². The van der Waals surface area contributed by atoms with Gasteiger partial charge in [0.05, 0.1) is 0 Å². The van der Waals surface area contributed by atoms with Gasteiger partial charge >= 0.3 is 0 Å². The van der Waals surface area contributed by atoms with Crippen molar-refractivity contribution in [2.24, 2.45) is 0 Å². The maximum absolute atomic E-state index is 12.3. The minimum atomic E-state index is 0.105. The summed E-state index contributed by atoms with van der Waals surface area (Å²) in [4.78, 5) is 12.3. The molecule has 1 aromatic rings. The van der Waals surface area contributed by atoms with Crippen molar-refractivity contribution >= 4 is 5.78 Å². The third kappa shape index (κ3) is 3.42. The Hall–Kier alpha value is -1.63. The number of benzene rings is 1. The highest BCUT2D eigenvalue weighted by Gasteiger charge is 2.09. The van der Waals surface area contributed by atoms with Crippen LogP contribution in [0.3, 0.4) is 0 Å². The van der Waals surface area contributed by atoms with Crippen molar-refractivity contribution in [3.05, 3.63) is 58.7 Å². The normalized spacial score (nSPS) is 12.1. The van der Waals surface area contributed by atoms with Crippen molar-refractivity contribution in [1.29, 1.82) is 0 Å². The first-order chi connectivity index (χ1) is 8.10. The molecule has 0 saturated carbocycles. The summed E-state index contributed by atoms with van der Waals surface area (Å²) < 4.78 is 0. The summed E-state index contributed by atoms with van der Waals surface area (Å²) in [7, 11) is 0. The van der Waals surface area contributed by atoms with Crippen molar-refractivity contribution in [1.82, 2.24) is 0 Å². The van der Waals surface area contributed by atoms with Crippen molar-refractivity contribution in [2.45, 2.75) is 34.1 Å². The van der Waals surface area contributed by atoms with Gasteiger partial charge in [0.25, 0.3) is 0 Å². The van der Waals surface area contributed by atoms with Gasteiger partial charge in [0.1, 0.15) is 0 Å². The van der Waals surface area contributed by atoms with Gasteiger partial charge in [-0.1, -0.05) is 37.3 Å². The summed E-state index contributed by atoms with van der Waals surface area (Å²) in [6, 6.07) is 5.87. The highest BCUT2D eigenvalue weighted by atomic mass is 16.1. The van der Waals surface area contributed by atoms with Crippen molar-refractivity contribution in [2.75, 3.05) is 0 Å². The Kier molecular flexibility index (Phi) is 4.89. The maximum atomic E-state index is 12.3. The Morgan fingerprint density at radius 3 is 2.47 bits per heavy atom. The number of allylic oxidation sites excluding steroid dienone is 4. The molecule has 1 rings (SSSR count). The van der Waals surface area contributed by atoms with E-state index >= 15 is 0 Å². The molecule has 0 unspecified atom stereocenters. The highest BCUT2D eigenvalue weighted by Crippen LogP contribution is 2.15. The summed E-state index contributed by atoms with van der Waals surface area (Å²) in [5.41, 5.74) is 3.92. The molecule has 0 N–H and O–H groups in total. The zero-order valence-corrected chi connectivity index (χ0v) is 11.1. The number of rotatable bonds is 4. The number of hydrogen-bond acceptors (Lipinski definition) is 1. The second-order valence-corrected chi connectivity index (χ2v) is 4.20. The first-order valence-electron chi connectivity index (χ1n) is 6.05. The minimum Gasteiger partial charge on any atom is -0.289 e. The smallest absolute Gasteiger partial charge is 0.192 e. The van der Waals surface area contributed by atoms with Crippen LogP contribution < -0.4 is 0 Å². The SMILES string of the molecule is C/C=C\C(=C/CC)C(=O)c1ccc(C)c(C)c1. The molecule has 0 spiro atoms. The molecule has 0 aliphatic carbocycles. The third-order valence-corrected chi connectivity index (χ3v) is 2.80. The lowest BCUT2D eigenvalue weighted by molar-refractivity contribution is 0.103. The van der Waals surface area contributed by atoms with Crippen LogP contribution in [0.2, 0.25) is 0 Å². The van der Waals surface area contributed by atoms with Crippen LogP contribution in [0.15, 0.2) is 42.0 Å². The van der Waals surface area contributed by atoms with Crippen molar-refractivity contribution < 1.29 is 4.79 Å². The number of aryl methyl sites for hydroxylation is 2. The summed E-state index contributed by atoms with van der Waals surface area (Å²) in [6.45, 7) is 8.05. The molecule has 0 saturated heterocycles. The summed E-state index contributed by atoms with van der Waals surface area (Å²) in [6.07, 6.45) is 6.62. The minimum absolute atomic E-state index is 0.105. The molecule has 1 aromatic carbocycles. The van der Waals surface area contributed by atoms with E-state index in [4.69, 9.17) is 0 Å². The third-order valence-electron chi connectivity index (χ3n) is 2.80. The fourth-order valence-corrected chi connectivity index (χ4v) is 1.69. The monoisotopic (exact) mass is 228 g/mol. The van der Waals surface area contributed by atoms with Gasteiger partial charge in [-0.3, -0.25) is 4.79 Å². The molecular formula is C16H20O. The first-order valence-corrected chi connectivity index (χ1v) is 6.05. The van der Waals surface area contributed by atoms with Gasteiger partial charge in [0.15, 0.2) is 5.78 Å². The second-order valence-electron chi connectivity index (χ2n) is 4.20. The molecule has 17 heavy (non-hydrogen) atoms. The van der Waals surface area contributed by atoms with Crippen LogP contribution in [-0.2, 0) is 0 Å². The average Bonchev–Trinajstić information content (AvgIpc) is 2.31. The lowest BCUT2D eigenvalue weighted by Crippen LogP contribution is -2.02. The lowest BCUT2D eigenvalue weighted by atomic mass is 9.98. The zero-order valence-electron chi connectivity index (χ0n) is 11.1. The molecule has 0 aliphatic rings. The van der Waals surface area contributed by atoms with E-state index in [2.05, 4.69) is 6.92 Å². The van der Waals surface area contributed by atoms with Gasteiger partial charge in [-0.15, -0.1) is 0 Å². The van der Waals surface area contributed by atoms with Crippen LogP contribution in [0.1, 0.15) is 41.8 Å². The first kappa shape index (κ1) is 13.4. The van der Waals surface area contributed by atoms with E-state index in [-0.39, 0.29) is 5.78 Å². The number of ketones is 1. The van der Waals surface area contributed by atoms with Gasteiger partial charge in [-0.2, -0.15) is 0 Å². The number of carbonyl (C=O) groups excluding carboxylic acids is 1.